The van der Waals surface area contributed by atoms with Crippen molar-refractivity contribution in [2.45, 2.75) is 18.4 Å². The molecular weight excluding hydrogens is 342 g/mol. The number of H-pyrrole nitrogens is 1. The van der Waals surface area contributed by atoms with Gasteiger partial charge < -0.3 is 9.72 Å². The van der Waals surface area contributed by atoms with E-state index in [0.717, 1.165) is 16.6 Å². The van der Waals surface area contributed by atoms with Crippen molar-refractivity contribution < 1.29 is 13.2 Å². The monoisotopic (exact) mass is 361 g/mol. The van der Waals surface area contributed by atoms with Crippen LogP contribution in [0.25, 0.3) is 11.0 Å². The normalized spacial score (nSPS) is 11.8. The lowest BCUT2D eigenvalue weighted by molar-refractivity contribution is 0.402. The lowest BCUT2D eigenvalue weighted by Crippen LogP contribution is -2.30. The molecule has 0 amide bonds. The smallest absolute Gasteiger partial charge is 0.326 e. The molecule has 0 aliphatic carbocycles. The summed E-state index contributed by atoms with van der Waals surface area (Å²) in [5, 5.41) is 0. The molecule has 1 aromatic heterocycles. The van der Waals surface area contributed by atoms with Gasteiger partial charge in [0.25, 0.3) is 0 Å². The van der Waals surface area contributed by atoms with Crippen LogP contribution in [0.15, 0.2) is 52.2 Å². The van der Waals surface area contributed by atoms with E-state index in [1.165, 1.54) is 11.7 Å². The maximum atomic E-state index is 12.6. The topological polar surface area (TPSA) is 93.2 Å². The van der Waals surface area contributed by atoms with Gasteiger partial charge in [-0.15, -0.1) is 0 Å². The fourth-order valence-electron chi connectivity index (χ4n) is 2.69. The van der Waals surface area contributed by atoms with E-state index in [0.29, 0.717) is 0 Å². The number of rotatable bonds is 6. The minimum Gasteiger partial charge on any atom is -0.495 e. The highest BCUT2D eigenvalue weighted by Gasteiger charge is 2.19. The number of ether oxygens (including phenoxy) is 1. The van der Waals surface area contributed by atoms with Crippen molar-refractivity contribution in [1.29, 1.82) is 0 Å². The zero-order chi connectivity index (χ0) is 18.0. The average molecular weight is 361 g/mol. The zero-order valence-corrected chi connectivity index (χ0v) is 14.8. The Kier molecular flexibility index (Phi) is 4.65. The molecule has 0 atom stereocenters. The summed E-state index contributed by atoms with van der Waals surface area (Å²) in [4.78, 5) is 14.8. The van der Waals surface area contributed by atoms with E-state index in [-0.39, 0.29) is 29.4 Å². The quantitative estimate of drug-likeness (QED) is 0.698. The van der Waals surface area contributed by atoms with Gasteiger partial charge in [0.15, 0.2) is 0 Å². The summed E-state index contributed by atoms with van der Waals surface area (Å²) in [5.74, 6) is 0.280. The standard InChI is InChI=1S/C17H19N3O4S/c1-12-7-8-15(24-2)16(11-12)25(22,23)18-9-10-20-14-6-4-3-5-13(14)19-17(20)21/h3-8,11,18H,9-10H2,1-2H3,(H,19,21). The van der Waals surface area contributed by atoms with Crippen molar-refractivity contribution in [1.82, 2.24) is 14.3 Å². The second kappa shape index (κ2) is 6.73. The second-order valence-corrected chi connectivity index (χ2v) is 7.39. The Bertz CT molecular complexity index is 1070. The summed E-state index contributed by atoms with van der Waals surface area (Å²) in [5.41, 5.74) is 2.00. The molecule has 2 N–H and O–H groups in total. The molecule has 3 rings (SSSR count). The van der Waals surface area contributed by atoms with E-state index >= 15 is 0 Å². The van der Waals surface area contributed by atoms with Crippen molar-refractivity contribution in [3.63, 3.8) is 0 Å². The van der Waals surface area contributed by atoms with Crippen LogP contribution in [0.3, 0.4) is 0 Å². The fourth-order valence-corrected chi connectivity index (χ4v) is 3.97. The SMILES string of the molecule is COc1ccc(C)cc1S(=O)(=O)NCCn1c(=O)[nH]c2ccccc21. The number of para-hydroxylation sites is 2. The van der Waals surface area contributed by atoms with Gasteiger partial charge in [0, 0.05) is 13.1 Å². The first-order chi connectivity index (χ1) is 11.9. The number of aromatic nitrogens is 2. The van der Waals surface area contributed by atoms with E-state index < -0.39 is 10.0 Å². The number of hydrogen-bond donors (Lipinski definition) is 2. The van der Waals surface area contributed by atoms with Crippen LogP contribution in [0, 0.1) is 6.92 Å². The van der Waals surface area contributed by atoms with Crippen molar-refractivity contribution in [2.24, 2.45) is 0 Å². The van der Waals surface area contributed by atoms with Gasteiger partial charge in [-0.3, -0.25) is 4.57 Å². The summed E-state index contributed by atoms with van der Waals surface area (Å²) >= 11 is 0. The summed E-state index contributed by atoms with van der Waals surface area (Å²) < 4.78 is 34.3. The number of imidazole rings is 1. The molecule has 0 saturated carbocycles. The Hall–Kier alpha value is -2.58. The van der Waals surface area contributed by atoms with Crippen molar-refractivity contribution >= 4 is 21.1 Å². The minimum atomic E-state index is -3.75. The van der Waals surface area contributed by atoms with Crippen molar-refractivity contribution in [2.75, 3.05) is 13.7 Å². The molecule has 7 nitrogen and oxygen atoms in total. The number of nitrogens with one attached hydrogen (secondary N) is 2. The maximum Gasteiger partial charge on any atom is 0.326 e. The predicted molar refractivity (Wildman–Crippen MR) is 95.5 cm³/mol. The molecule has 2 aromatic carbocycles. The molecule has 0 radical (unpaired) electrons. The number of methoxy groups -OCH3 is 1. The van der Waals surface area contributed by atoms with E-state index in [1.54, 1.807) is 24.3 Å². The molecule has 0 bridgehead atoms. The number of nitrogens with zero attached hydrogens (tertiary/aromatic N) is 1. The molecule has 25 heavy (non-hydrogen) atoms. The van der Waals surface area contributed by atoms with E-state index in [4.69, 9.17) is 4.74 Å². The van der Waals surface area contributed by atoms with Gasteiger partial charge >= 0.3 is 5.69 Å². The first-order valence-corrected chi connectivity index (χ1v) is 9.22. The Balaban J connectivity index is 1.80. The number of sulfonamides is 1. The first-order valence-electron chi connectivity index (χ1n) is 7.74. The molecule has 0 unspecified atom stereocenters. The average Bonchev–Trinajstić information content (AvgIpc) is 2.90. The van der Waals surface area contributed by atoms with E-state index in [1.807, 2.05) is 25.1 Å². The van der Waals surface area contributed by atoms with Gasteiger partial charge in [-0.2, -0.15) is 0 Å². The van der Waals surface area contributed by atoms with Gasteiger partial charge in [-0.25, -0.2) is 17.9 Å². The lowest BCUT2D eigenvalue weighted by atomic mass is 10.2. The van der Waals surface area contributed by atoms with Crippen LogP contribution in [-0.2, 0) is 16.6 Å². The van der Waals surface area contributed by atoms with Gasteiger partial charge in [0.2, 0.25) is 10.0 Å². The van der Waals surface area contributed by atoms with E-state index in [2.05, 4.69) is 9.71 Å². The molecule has 132 valence electrons. The summed E-state index contributed by atoms with van der Waals surface area (Å²) in [6, 6.07) is 12.2. The molecule has 3 aromatic rings. The third-order valence-electron chi connectivity index (χ3n) is 3.92. The molecule has 0 fully saturated rings. The third kappa shape index (κ3) is 3.45. The van der Waals surface area contributed by atoms with Gasteiger partial charge in [-0.1, -0.05) is 18.2 Å². The van der Waals surface area contributed by atoms with Gasteiger partial charge in [0.05, 0.1) is 18.1 Å². The maximum absolute atomic E-state index is 12.6. The molecule has 8 heteroatoms. The van der Waals surface area contributed by atoms with E-state index in [9.17, 15) is 13.2 Å². The number of aryl methyl sites for hydroxylation is 1. The number of aromatic amines is 1. The fraction of sp³-hybridized carbons (Fsp3) is 0.235. The first kappa shape index (κ1) is 17.2. The van der Waals surface area contributed by atoms with Gasteiger partial charge in [-0.05, 0) is 36.8 Å². The molecule has 0 saturated heterocycles. The predicted octanol–water partition coefficient (Wildman–Crippen LogP) is 1.63. The Labute approximate surface area is 145 Å². The number of hydrogen-bond acceptors (Lipinski definition) is 4. The van der Waals surface area contributed by atoms with Crippen LogP contribution >= 0.6 is 0 Å². The van der Waals surface area contributed by atoms with Crippen LogP contribution in [0.4, 0.5) is 0 Å². The summed E-state index contributed by atoms with van der Waals surface area (Å²) in [7, 11) is -2.32. The Morgan fingerprint density at radius 2 is 1.96 bits per heavy atom. The zero-order valence-electron chi connectivity index (χ0n) is 13.9. The summed E-state index contributed by atoms with van der Waals surface area (Å²) in [6.07, 6.45) is 0. The van der Waals surface area contributed by atoms with Crippen LogP contribution in [0.2, 0.25) is 0 Å². The molecular formula is C17H19N3O4S. The molecule has 1 heterocycles. The lowest BCUT2D eigenvalue weighted by Gasteiger charge is -2.11. The highest BCUT2D eigenvalue weighted by molar-refractivity contribution is 7.89. The minimum absolute atomic E-state index is 0.0845. The number of benzene rings is 2. The third-order valence-corrected chi connectivity index (χ3v) is 5.40. The molecule has 0 spiro atoms. The van der Waals surface area contributed by atoms with Crippen molar-refractivity contribution in [3.8, 4) is 5.75 Å². The van der Waals surface area contributed by atoms with Crippen LogP contribution in [0.1, 0.15) is 5.56 Å². The summed E-state index contributed by atoms with van der Waals surface area (Å²) in [6.45, 7) is 2.11. The highest BCUT2D eigenvalue weighted by Crippen LogP contribution is 2.24. The van der Waals surface area contributed by atoms with Crippen LogP contribution in [0.5, 0.6) is 5.75 Å². The highest BCUT2D eigenvalue weighted by atomic mass is 32.2. The molecule has 0 aliphatic rings. The Morgan fingerprint density at radius 1 is 1.20 bits per heavy atom. The van der Waals surface area contributed by atoms with Crippen LogP contribution in [-0.4, -0.2) is 31.6 Å². The second-order valence-electron chi connectivity index (χ2n) is 5.65. The molecule has 0 aliphatic heterocycles. The Morgan fingerprint density at radius 3 is 2.72 bits per heavy atom. The number of fused-ring (bicyclic) bond motifs is 1. The van der Waals surface area contributed by atoms with Crippen molar-refractivity contribution in [3.05, 3.63) is 58.5 Å². The van der Waals surface area contributed by atoms with Gasteiger partial charge in [0.1, 0.15) is 10.6 Å². The van der Waals surface area contributed by atoms with Crippen LogP contribution < -0.4 is 15.1 Å². The largest absolute Gasteiger partial charge is 0.495 e.